The highest BCUT2D eigenvalue weighted by Gasteiger charge is 2.23. The zero-order chi connectivity index (χ0) is 12.6. The van der Waals surface area contributed by atoms with Crippen LogP contribution in [-0.2, 0) is 11.2 Å². The number of carboxylic acids is 1. The molecular weight excluding hydrogens is 244 g/mol. The lowest BCUT2D eigenvalue weighted by Gasteiger charge is -2.12. The van der Waals surface area contributed by atoms with Gasteiger partial charge in [-0.25, -0.2) is 0 Å². The van der Waals surface area contributed by atoms with Crippen LogP contribution < -0.4 is 9.47 Å². The first kappa shape index (κ1) is 12.0. The van der Waals surface area contributed by atoms with Crippen molar-refractivity contribution in [3.63, 3.8) is 0 Å². The smallest absolute Gasteiger partial charge is 0.306 e. The molecule has 0 fully saturated rings. The van der Waals surface area contributed by atoms with Gasteiger partial charge in [-0.15, -0.1) is 0 Å². The molecule has 1 heterocycles. The minimum atomic E-state index is -0.821. The minimum Gasteiger partial charge on any atom is -0.481 e. The quantitative estimate of drug-likeness (QED) is 0.903. The zero-order valence-corrected chi connectivity index (χ0v) is 10.4. The molecule has 0 saturated heterocycles. The summed E-state index contributed by atoms with van der Waals surface area (Å²) in [4.78, 5) is 10.8. The molecule has 0 amide bonds. The number of hydrogen-bond donors (Lipinski definition) is 1. The van der Waals surface area contributed by atoms with E-state index >= 15 is 0 Å². The Balaban J connectivity index is 2.36. The molecule has 1 unspecified atom stereocenters. The number of carboxylic acid groups (broad SMARTS) is 1. The summed E-state index contributed by atoms with van der Waals surface area (Å²) in [6.45, 7) is 3.71. The minimum absolute atomic E-state index is 0.161. The lowest BCUT2D eigenvalue weighted by atomic mass is 9.96. The van der Waals surface area contributed by atoms with Crippen LogP contribution in [0.4, 0.5) is 0 Å². The highest BCUT2D eigenvalue weighted by atomic mass is 35.5. The second kappa shape index (κ2) is 4.45. The van der Waals surface area contributed by atoms with E-state index in [4.69, 9.17) is 26.2 Å². The fourth-order valence-corrected chi connectivity index (χ4v) is 2.11. The van der Waals surface area contributed by atoms with Crippen LogP contribution in [0.1, 0.15) is 18.1 Å². The monoisotopic (exact) mass is 256 g/mol. The zero-order valence-electron chi connectivity index (χ0n) is 9.62. The van der Waals surface area contributed by atoms with Crippen LogP contribution in [0.3, 0.4) is 0 Å². The van der Waals surface area contributed by atoms with Crippen molar-refractivity contribution in [2.24, 2.45) is 5.92 Å². The summed E-state index contributed by atoms with van der Waals surface area (Å²) in [6.07, 6.45) is 0.428. The van der Waals surface area contributed by atoms with Crippen LogP contribution in [0.5, 0.6) is 11.5 Å². The van der Waals surface area contributed by atoms with Crippen molar-refractivity contribution in [3.05, 3.63) is 22.2 Å². The number of ether oxygens (including phenoxy) is 2. The number of rotatable bonds is 3. The van der Waals surface area contributed by atoms with Gasteiger partial charge in [-0.05, 0) is 30.5 Å². The predicted molar refractivity (Wildman–Crippen MR) is 62.8 cm³/mol. The fourth-order valence-electron chi connectivity index (χ4n) is 1.84. The van der Waals surface area contributed by atoms with Gasteiger partial charge >= 0.3 is 5.97 Å². The Hall–Kier alpha value is -1.42. The molecule has 0 spiro atoms. The molecule has 1 atom stereocenters. The molecule has 0 radical (unpaired) electrons. The Morgan fingerprint density at radius 2 is 2.18 bits per heavy atom. The van der Waals surface area contributed by atoms with Crippen LogP contribution >= 0.6 is 11.6 Å². The van der Waals surface area contributed by atoms with Crippen LogP contribution in [0.25, 0.3) is 0 Å². The van der Waals surface area contributed by atoms with Gasteiger partial charge in [-0.3, -0.25) is 4.79 Å². The van der Waals surface area contributed by atoms with Crippen molar-refractivity contribution in [1.82, 2.24) is 0 Å². The van der Waals surface area contributed by atoms with E-state index in [0.29, 0.717) is 22.9 Å². The van der Waals surface area contributed by atoms with Gasteiger partial charge < -0.3 is 14.6 Å². The van der Waals surface area contributed by atoms with Gasteiger partial charge in [0.15, 0.2) is 11.5 Å². The SMILES string of the molecule is Cc1c(CC(C)C(=O)O)cc(Cl)c2c1OCO2. The average Bonchev–Trinajstić information content (AvgIpc) is 2.74. The molecule has 4 nitrogen and oxygen atoms in total. The molecule has 17 heavy (non-hydrogen) atoms. The highest BCUT2D eigenvalue weighted by molar-refractivity contribution is 6.32. The standard InChI is InChI=1S/C12H13ClO4/c1-6(12(14)15)3-8-4-9(13)11-10(7(8)2)16-5-17-11/h4,6H,3,5H2,1-2H3,(H,14,15). The van der Waals surface area contributed by atoms with E-state index in [-0.39, 0.29) is 6.79 Å². The van der Waals surface area contributed by atoms with Gasteiger partial charge in [0.2, 0.25) is 6.79 Å². The molecular formula is C12H13ClO4. The Morgan fingerprint density at radius 3 is 2.82 bits per heavy atom. The van der Waals surface area contributed by atoms with Crippen LogP contribution in [-0.4, -0.2) is 17.9 Å². The van der Waals surface area contributed by atoms with Crippen molar-refractivity contribution in [2.45, 2.75) is 20.3 Å². The number of benzene rings is 1. The van der Waals surface area contributed by atoms with Crippen LogP contribution in [0.2, 0.25) is 5.02 Å². The molecule has 1 aromatic rings. The molecule has 1 aromatic carbocycles. The van der Waals surface area contributed by atoms with Crippen LogP contribution in [0.15, 0.2) is 6.07 Å². The second-order valence-electron chi connectivity index (χ2n) is 4.15. The molecule has 0 saturated carbocycles. The van der Waals surface area contributed by atoms with Crippen molar-refractivity contribution in [3.8, 4) is 11.5 Å². The third-order valence-corrected chi connectivity index (χ3v) is 3.18. The summed E-state index contributed by atoms with van der Waals surface area (Å²) < 4.78 is 10.6. The number of aliphatic carboxylic acids is 1. The van der Waals surface area contributed by atoms with E-state index in [1.165, 1.54) is 0 Å². The van der Waals surface area contributed by atoms with E-state index in [1.54, 1.807) is 13.0 Å². The summed E-state index contributed by atoms with van der Waals surface area (Å²) >= 11 is 6.06. The summed E-state index contributed by atoms with van der Waals surface area (Å²) in [5, 5.41) is 9.38. The summed E-state index contributed by atoms with van der Waals surface area (Å²) in [5.41, 5.74) is 1.78. The van der Waals surface area contributed by atoms with E-state index in [0.717, 1.165) is 11.1 Å². The highest BCUT2D eigenvalue weighted by Crippen LogP contribution is 2.43. The normalized spacial score (nSPS) is 14.8. The lowest BCUT2D eigenvalue weighted by Crippen LogP contribution is -2.13. The number of carbonyl (C=O) groups is 1. The number of fused-ring (bicyclic) bond motifs is 1. The molecule has 1 N–H and O–H groups in total. The van der Waals surface area contributed by atoms with E-state index < -0.39 is 11.9 Å². The first-order chi connectivity index (χ1) is 8.00. The third kappa shape index (κ3) is 2.17. The first-order valence-electron chi connectivity index (χ1n) is 5.31. The lowest BCUT2D eigenvalue weighted by molar-refractivity contribution is -0.141. The second-order valence-corrected chi connectivity index (χ2v) is 4.56. The molecule has 1 aliphatic heterocycles. The van der Waals surface area contributed by atoms with Crippen molar-refractivity contribution in [2.75, 3.05) is 6.79 Å². The van der Waals surface area contributed by atoms with Gasteiger partial charge in [0.25, 0.3) is 0 Å². The third-order valence-electron chi connectivity index (χ3n) is 2.90. The summed E-state index contributed by atoms with van der Waals surface area (Å²) in [6, 6.07) is 1.75. The van der Waals surface area contributed by atoms with E-state index in [2.05, 4.69) is 0 Å². The molecule has 2 rings (SSSR count). The first-order valence-corrected chi connectivity index (χ1v) is 5.69. The fraction of sp³-hybridized carbons (Fsp3) is 0.417. The van der Waals surface area contributed by atoms with Crippen molar-refractivity contribution in [1.29, 1.82) is 0 Å². The van der Waals surface area contributed by atoms with Gasteiger partial charge in [0.05, 0.1) is 10.9 Å². The van der Waals surface area contributed by atoms with E-state index in [9.17, 15) is 4.79 Å². The van der Waals surface area contributed by atoms with Crippen LogP contribution in [0, 0.1) is 12.8 Å². The largest absolute Gasteiger partial charge is 0.481 e. The number of hydrogen-bond acceptors (Lipinski definition) is 3. The Kier molecular flexibility index (Phi) is 3.15. The molecule has 0 aromatic heterocycles. The molecule has 1 aliphatic rings. The van der Waals surface area contributed by atoms with Gasteiger partial charge in [0, 0.05) is 0 Å². The van der Waals surface area contributed by atoms with E-state index in [1.807, 2.05) is 6.92 Å². The molecule has 0 bridgehead atoms. The van der Waals surface area contributed by atoms with Gasteiger partial charge in [-0.1, -0.05) is 18.5 Å². The molecule has 92 valence electrons. The predicted octanol–water partition coefficient (Wildman–Crippen LogP) is 2.64. The van der Waals surface area contributed by atoms with Crippen molar-refractivity contribution >= 4 is 17.6 Å². The maximum absolute atomic E-state index is 10.8. The summed E-state index contributed by atoms with van der Waals surface area (Å²) in [5.74, 6) is -0.0932. The maximum Gasteiger partial charge on any atom is 0.306 e. The van der Waals surface area contributed by atoms with Gasteiger partial charge in [-0.2, -0.15) is 0 Å². The Morgan fingerprint density at radius 1 is 1.53 bits per heavy atom. The topological polar surface area (TPSA) is 55.8 Å². The molecule has 0 aliphatic carbocycles. The average molecular weight is 257 g/mol. The Bertz CT molecular complexity index is 470. The summed E-state index contributed by atoms with van der Waals surface area (Å²) in [7, 11) is 0. The van der Waals surface area contributed by atoms with Crippen molar-refractivity contribution < 1.29 is 19.4 Å². The van der Waals surface area contributed by atoms with Gasteiger partial charge in [0.1, 0.15) is 0 Å². The maximum atomic E-state index is 10.8. The molecule has 5 heteroatoms. The Labute approximate surface area is 104 Å². The number of halogens is 1.